The van der Waals surface area contributed by atoms with Gasteiger partial charge < -0.3 is 5.32 Å². The molecule has 0 heterocycles. The van der Waals surface area contributed by atoms with Crippen LogP contribution in [0.25, 0.3) is 0 Å². The maximum absolute atomic E-state index is 13.1. The minimum Gasteiger partial charge on any atom is -0.324 e. The fourth-order valence-electron chi connectivity index (χ4n) is 3.33. The van der Waals surface area contributed by atoms with Crippen molar-refractivity contribution in [1.82, 2.24) is 5.32 Å². The van der Waals surface area contributed by atoms with Crippen LogP contribution in [0.5, 0.6) is 0 Å². The fourth-order valence-corrected chi connectivity index (χ4v) is 3.56. The van der Waals surface area contributed by atoms with E-state index in [1.165, 1.54) is 6.07 Å². The van der Waals surface area contributed by atoms with Crippen molar-refractivity contribution in [1.29, 1.82) is 0 Å². The van der Waals surface area contributed by atoms with Crippen molar-refractivity contribution in [2.75, 3.05) is 5.32 Å². The molecule has 0 radical (unpaired) electrons. The maximum atomic E-state index is 13.1. The first-order chi connectivity index (χ1) is 12.8. The van der Waals surface area contributed by atoms with Gasteiger partial charge in [0, 0.05) is 11.7 Å². The fraction of sp³-hybridized carbons (Fsp3) is 0.350. The number of alkyl halides is 3. The molecule has 0 spiro atoms. The zero-order chi connectivity index (χ0) is 19.4. The monoisotopic (exact) mass is 396 g/mol. The first-order valence-corrected chi connectivity index (χ1v) is 9.21. The third-order valence-corrected chi connectivity index (χ3v) is 5.02. The Morgan fingerprint density at radius 3 is 2.37 bits per heavy atom. The minimum atomic E-state index is -4.58. The van der Waals surface area contributed by atoms with Crippen LogP contribution >= 0.6 is 11.6 Å². The zero-order valence-electron chi connectivity index (χ0n) is 14.5. The smallest absolute Gasteiger partial charge is 0.324 e. The van der Waals surface area contributed by atoms with Crippen molar-refractivity contribution in [3.05, 3.63) is 64.7 Å². The second-order valence-corrected chi connectivity index (χ2v) is 7.08. The van der Waals surface area contributed by atoms with Gasteiger partial charge in [-0.1, -0.05) is 54.8 Å². The molecule has 144 valence electrons. The molecule has 2 aromatic carbocycles. The Kier molecular flexibility index (Phi) is 6.07. The molecule has 1 aliphatic rings. The lowest BCUT2D eigenvalue weighted by Crippen LogP contribution is -2.38. The highest BCUT2D eigenvalue weighted by atomic mass is 35.5. The highest BCUT2D eigenvalue weighted by Gasteiger charge is 2.34. The van der Waals surface area contributed by atoms with Crippen LogP contribution in [0.4, 0.5) is 18.9 Å². The Balaban J connectivity index is 1.82. The lowest BCUT2D eigenvalue weighted by molar-refractivity contribution is -0.137. The van der Waals surface area contributed by atoms with Crippen LogP contribution in [0.1, 0.15) is 42.9 Å². The van der Waals surface area contributed by atoms with E-state index in [-0.39, 0.29) is 11.7 Å². The Morgan fingerprint density at radius 1 is 1.07 bits per heavy atom. The van der Waals surface area contributed by atoms with Gasteiger partial charge in [0.05, 0.1) is 10.6 Å². The van der Waals surface area contributed by atoms with Gasteiger partial charge in [0.1, 0.15) is 6.04 Å². The third kappa shape index (κ3) is 5.02. The molecule has 3 nitrogen and oxygen atoms in total. The van der Waals surface area contributed by atoms with Gasteiger partial charge in [0.25, 0.3) is 0 Å². The average Bonchev–Trinajstić information content (AvgIpc) is 3.14. The lowest BCUT2D eigenvalue weighted by Gasteiger charge is -2.23. The van der Waals surface area contributed by atoms with Crippen LogP contribution in [0.2, 0.25) is 5.02 Å². The normalized spacial score (nSPS) is 16.3. The molecule has 27 heavy (non-hydrogen) atoms. The molecule has 7 heteroatoms. The van der Waals surface area contributed by atoms with Crippen LogP contribution in [-0.4, -0.2) is 11.9 Å². The number of hydrogen-bond donors (Lipinski definition) is 2. The summed E-state index contributed by atoms with van der Waals surface area (Å²) >= 11 is 5.64. The first kappa shape index (κ1) is 19.7. The van der Waals surface area contributed by atoms with E-state index in [0.717, 1.165) is 43.4 Å². The summed E-state index contributed by atoms with van der Waals surface area (Å²) < 4.78 is 39.2. The zero-order valence-corrected chi connectivity index (χ0v) is 15.3. The standard InChI is InChI=1S/C20H20ClF3N2O/c21-17-11-10-15(12-16(17)20(22,23)24)26-19(27)18(13-6-2-1-3-7-13)25-14-8-4-5-9-14/h1-3,6-7,10-12,14,18,25H,4-5,8-9H2,(H,26,27)/t18-/m1/s1. The average molecular weight is 397 g/mol. The van der Waals surface area contributed by atoms with Gasteiger partial charge in [-0.05, 0) is 36.6 Å². The van der Waals surface area contributed by atoms with Gasteiger partial charge in [-0.2, -0.15) is 13.2 Å². The predicted octanol–water partition coefficient (Wildman–Crippen LogP) is 5.57. The maximum Gasteiger partial charge on any atom is 0.417 e. The Hall–Kier alpha value is -2.05. The molecule has 3 rings (SSSR count). The van der Waals surface area contributed by atoms with Crippen molar-refractivity contribution in [3.8, 4) is 0 Å². The van der Waals surface area contributed by atoms with Crippen LogP contribution in [0, 0.1) is 0 Å². The second-order valence-electron chi connectivity index (χ2n) is 6.67. The number of hydrogen-bond acceptors (Lipinski definition) is 2. The lowest BCUT2D eigenvalue weighted by atomic mass is 10.0. The van der Waals surface area contributed by atoms with E-state index >= 15 is 0 Å². The highest BCUT2D eigenvalue weighted by molar-refractivity contribution is 6.31. The molecule has 1 amide bonds. The number of carbonyl (C=O) groups is 1. The molecule has 1 fully saturated rings. The van der Waals surface area contributed by atoms with Crippen LogP contribution in [0.3, 0.4) is 0 Å². The second kappa shape index (κ2) is 8.31. The van der Waals surface area contributed by atoms with Crippen molar-refractivity contribution >= 4 is 23.2 Å². The van der Waals surface area contributed by atoms with Gasteiger partial charge in [-0.15, -0.1) is 0 Å². The van der Waals surface area contributed by atoms with Crippen LogP contribution in [-0.2, 0) is 11.0 Å². The highest BCUT2D eigenvalue weighted by Crippen LogP contribution is 2.36. The molecule has 1 aliphatic carbocycles. The van der Waals surface area contributed by atoms with E-state index in [1.807, 2.05) is 30.3 Å². The molecule has 0 bridgehead atoms. The van der Waals surface area contributed by atoms with Crippen molar-refractivity contribution in [2.45, 2.75) is 43.9 Å². The number of amides is 1. The summed E-state index contributed by atoms with van der Waals surface area (Å²) in [6.07, 6.45) is -0.413. The number of nitrogens with one attached hydrogen (secondary N) is 2. The first-order valence-electron chi connectivity index (χ1n) is 8.83. The Morgan fingerprint density at radius 2 is 1.74 bits per heavy atom. The molecule has 1 atom stereocenters. The van der Waals surface area contributed by atoms with E-state index in [2.05, 4.69) is 10.6 Å². The molecular weight excluding hydrogens is 377 g/mol. The molecule has 0 saturated heterocycles. The summed E-state index contributed by atoms with van der Waals surface area (Å²) in [6.45, 7) is 0. The Bertz CT molecular complexity index is 790. The van der Waals surface area contributed by atoms with E-state index in [9.17, 15) is 18.0 Å². The van der Waals surface area contributed by atoms with E-state index in [1.54, 1.807) is 0 Å². The van der Waals surface area contributed by atoms with Gasteiger partial charge in [-0.25, -0.2) is 0 Å². The van der Waals surface area contributed by atoms with Gasteiger partial charge in [0.15, 0.2) is 0 Å². The van der Waals surface area contributed by atoms with Gasteiger partial charge in [0.2, 0.25) is 5.91 Å². The number of carbonyl (C=O) groups excluding carboxylic acids is 1. The van der Waals surface area contributed by atoms with Crippen LogP contribution < -0.4 is 10.6 Å². The van der Waals surface area contributed by atoms with E-state index < -0.39 is 28.7 Å². The molecule has 1 saturated carbocycles. The summed E-state index contributed by atoms with van der Waals surface area (Å²) in [5.41, 5.74) is -0.139. The summed E-state index contributed by atoms with van der Waals surface area (Å²) in [5, 5.41) is 5.54. The largest absolute Gasteiger partial charge is 0.417 e. The summed E-state index contributed by atoms with van der Waals surface area (Å²) in [7, 11) is 0. The molecule has 0 unspecified atom stereocenters. The van der Waals surface area contributed by atoms with Crippen molar-refractivity contribution in [3.63, 3.8) is 0 Å². The third-order valence-electron chi connectivity index (χ3n) is 4.69. The molecule has 2 aromatic rings. The van der Waals surface area contributed by atoms with Crippen molar-refractivity contribution in [2.24, 2.45) is 0 Å². The topological polar surface area (TPSA) is 41.1 Å². The molecule has 0 aliphatic heterocycles. The summed E-state index contributed by atoms with van der Waals surface area (Å²) in [6, 6.07) is 12.1. The quantitative estimate of drug-likeness (QED) is 0.693. The molecule has 0 aromatic heterocycles. The number of rotatable bonds is 5. The summed E-state index contributed by atoms with van der Waals surface area (Å²) in [5.74, 6) is -0.399. The van der Waals surface area contributed by atoms with Crippen molar-refractivity contribution < 1.29 is 18.0 Å². The SMILES string of the molecule is O=C(Nc1ccc(Cl)c(C(F)(F)F)c1)[C@H](NC1CCCC1)c1ccccc1. The molecule has 2 N–H and O–H groups in total. The predicted molar refractivity (Wildman–Crippen MR) is 99.7 cm³/mol. The number of halogens is 4. The Labute approximate surface area is 160 Å². The van der Waals surface area contributed by atoms with Crippen LogP contribution in [0.15, 0.2) is 48.5 Å². The van der Waals surface area contributed by atoms with E-state index in [0.29, 0.717) is 0 Å². The van der Waals surface area contributed by atoms with E-state index in [4.69, 9.17) is 11.6 Å². The number of benzene rings is 2. The number of anilines is 1. The van der Waals surface area contributed by atoms with Gasteiger partial charge >= 0.3 is 6.18 Å². The molecular formula is C20H20ClF3N2O. The van der Waals surface area contributed by atoms with Gasteiger partial charge in [-0.3, -0.25) is 10.1 Å². The summed E-state index contributed by atoms with van der Waals surface area (Å²) in [4.78, 5) is 12.9. The minimum absolute atomic E-state index is 0.0610.